The lowest BCUT2D eigenvalue weighted by molar-refractivity contribution is -0.119. The summed E-state index contributed by atoms with van der Waals surface area (Å²) in [5, 5.41) is 10.7. The van der Waals surface area contributed by atoms with Crippen LogP contribution in [0.3, 0.4) is 0 Å². The molecule has 3 heterocycles. The van der Waals surface area contributed by atoms with Crippen LogP contribution in [0.1, 0.15) is 34.3 Å². The van der Waals surface area contributed by atoms with Crippen molar-refractivity contribution in [3.63, 3.8) is 0 Å². The Kier molecular flexibility index (Phi) is 9.05. The lowest BCUT2D eigenvalue weighted by Gasteiger charge is -2.38. The van der Waals surface area contributed by atoms with Crippen molar-refractivity contribution in [1.82, 2.24) is 15.1 Å². The fraction of sp³-hybridized carbons (Fsp3) is 0.344. The number of ether oxygens (including phenoxy) is 1. The highest BCUT2D eigenvalue weighted by Gasteiger charge is 2.47. The Morgan fingerprint density at radius 3 is 2.59 bits per heavy atom. The van der Waals surface area contributed by atoms with Gasteiger partial charge in [0.05, 0.1) is 18.8 Å². The van der Waals surface area contributed by atoms with E-state index in [4.69, 9.17) is 27.9 Å². The van der Waals surface area contributed by atoms with E-state index in [0.717, 1.165) is 22.9 Å². The van der Waals surface area contributed by atoms with Gasteiger partial charge < -0.3 is 30.5 Å². The molecule has 0 aromatic heterocycles. The standard InChI is InChI=1S/C32H32BrCl2N5O4/c33-21-6-8-25(29(41)36-24-5-2-10-40(19-24)31(43)39-11-13-44-14-12-39)27(16-21)38-32(18-20-3-1-4-22(34)15-20)26-9-7-23(35)17-28(26)37-30(32)42/h1,3-4,6-9,15-17,24,38H,2,5,10-14,18-19H2,(H,36,41)(H,37,42)/t24?,32-/m0/s1. The number of halogens is 3. The number of rotatable bonds is 6. The van der Waals surface area contributed by atoms with Crippen molar-refractivity contribution in [3.8, 4) is 0 Å². The van der Waals surface area contributed by atoms with Gasteiger partial charge in [0.2, 0.25) is 0 Å². The molecule has 0 aliphatic carbocycles. The van der Waals surface area contributed by atoms with Crippen molar-refractivity contribution in [1.29, 1.82) is 0 Å². The van der Waals surface area contributed by atoms with Crippen LogP contribution in [0.15, 0.2) is 65.1 Å². The lowest BCUT2D eigenvalue weighted by Crippen LogP contribution is -2.55. The van der Waals surface area contributed by atoms with Crippen molar-refractivity contribution in [2.45, 2.75) is 30.8 Å². The third-order valence-corrected chi connectivity index (χ3v) is 9.28. The van der Waals surface area contributed by atoms with Gasteiger partial charge in [0.25, 0.3) is 11.8 Å². The van der Waals surface area contributed by atoms with Gasteiger partial charge in [-0.25, -0.2) is 4.79 Å². The molecule has 9 nitrogen and oxygen atoms in total. The second-order valence-corrected chi connectivity index (χ2v) is 13.1. The Labute approximate surface area is 274 Å². The summed E-state index contributed by atoms with van der Waals surface area (Å²) in [6, 6.07) is 17.7. The van der Waals surface area contributed by atoms with E-state index in [0.29, 0.717) is 71.9 Å². The molecule has 3 aromatic carbocycles. The third kappa shape index (κ3) is 6.40. The number of fused-ring (bicyclic) bond motifs is 1. The summed E-state index contributed by atoms with van der Waals surface area (Å²) in [6.45, 7) is 3.29. The summed E-state index contributed by atoms with van der Waals surface area (Å²) in [5.41, 5.74) is 1.76. The van der Waals surface area contributed by atoms with Crippen LogP contribution in [0.4, 0.5) is 16.2 Å². The van der Waals surface area contributed by atoms with E-state index in [-0.39, 0.29) is 30.3 Å². The monoisotopic (exact) mass is 699 g/mol. The lowest BCUT2D eigenvalue weighted by atomic mass is 9.84. The summed E-state index contributed by atoms with van der Waals surface area (Å²) < 4.78 is 6.13. The highest BCUT2D eigenvalue weighted by Crippen LogP contribution is 2.43. The predicted octanol–water partition coefficient (Wildman–Crippen LogP) is 5.90. The maximum atomic E-state index is 13.9. The quantitative estimate of drug-likeness (QED) is 0.297. The van der Waals surface area contributed by atoms with E-state index in [1.54, 1.807) is 36.4 Å². The minimum Gasteiger partial charge on any atom is -0.378 e. The van der Waals surface area contributed by atoms with Gasteiger partial charge >= 0.3 is 6.03 Å². The van der Waals surface area contributed by atoms with E-state index in [9.17, 15) is 14.4 Å². The normalized spacial score (nSPS) is 21.4. The number of morpholine rings is 1. The Bertz CT molecular complexity index is 1600. The van der Waals surface area contributed by atoms with Crippen LogP contribution in [0.5, 0.6) is 0 Å². The van der Waals surface area contributed by atoms with Gasteiger partial charge in [-0.3, -0.25) is 9.59 Å². The van der Waals surface area contributed by atoms with Crippen LogP contribution < -0.4 is 16.0 Å². The number of carbonyl (C=O) groups excluding carboxylic acids is 3. The molecule has 0 radical (unpaired) electrons. The average molecular weight is 701 g/mol. The van der Waals surface area contributed by atoms with Crippen LogP contribution in [-0.4, -0.2) is 73.1 Å². The number of nitrogens with zero attached hydrogens (tertiary/aromatic N) is 2. The maximum Gasteiger partial charge on any atom is 0.320 e. The molecule has 4 amide bonds. The minimum atomic E-state index is -1.26. The van der Waals surface area contributed by atoms with E-state index in [2.05, 4.69) is 31.9 Å². The summed E-state index contributed by atoms with van der Waals surface area (Å²) in [6.07, 6.45) is 1.81. The fourth-order valence-corrected chi connectivity index (χ4v) is 6.92. The van der Waals surface area contributed by atoms with Gasteiger partial charge in [0, 0.05) is 70.1 Å². The smallest absolute Gasteiger partial charge is 0.320 e. The van der Waals surface area contributed by atoms with Crippen LogP contribution in [0.2, 0.25) is 10.0 Å². The molecular formula is C32H32BrCl2N5O4. The van der Waals surface area contributed by atoms with E-state index < -0.39 is 5.54 Å². The number of hydrogen-bond acceptors (Lipinski definition) is 5. The van der Waals surface area contributed by atoms with Crippen molar-refractivity contribution in [2.75, 3.05) is 50.0 Å². The number of nitrogens with one attached hydrogen (secondary N) is 3. The third-order valence-electron chi connectivity index (χ3n) is 8.32. The number of hydrogen-bond donors (Lipinski definition) is 3. The van der Waals surface area contributed by atoms with E-state index >= 15 is 0 Å². The Morgan fingerprint density at radius 1 is 1.00 bits per heavy atom. The van der Waals surface area contributed by atoms with Crippen LogP contribution in [0, 0.1) is 0 Å². The molecule has 3 N–H and O–H groups in total. The number of piperidine rings is 1. The Hall–Kier alpha value is -3.31. The topological polar surface area (TPSA) is 103 Å². The summed E-state index contributed by atoms with van der Waals surface area (Å²) >= 11 is 16.1. The molecule has 3 aromatic rings. The first-order chi connectivity index (χ1) is 21.2. The van der Waals surface area contributed by atoms with Crippen molar-refractivity contribution in [3.05, 3.63) is 91.9 Å². The van der Waals surface area contributed by atoms with Crippen LogP contribution >= 0.6 is 39.1 Å². The SMILES string of the molecule is O=C(NC1CCCN(C(=O)N2CCOCC2)C1)c1ccc(Br)cc1N[C@]1(Cc2cccc(Cl)c2)C(=O)Nc2cc(Cl)ccc21. The number of benzene rings is 3. The number of urea groups is 1. The molecule has 2 saturated heterocycles. The average Bonchev–Trinajstić information content (AvgIpc) is 3.26. The van der Waals surface area contributed by atoms with Gasteiger partial charge in [-0.2, -0.15) is 0 Å². The number of anilines is 2. The van der Waals surface area contributed by atoms with Crippen molar-refractivity contribution in [2.24, 2.45) is 0 Å². The molecule has 2 fully saturated rings. The highest BCUT2D eigenvalue weighted by molar-refractivity contribution is 9.10. The first kappa shape index (κ1) is 30.7. The van der Waals surface area contributed by atoms with Gasteiger partial charge in [-0.05, 0) is 60.9 Å². The van der Waals surface area contributed by atoms with E-state index in [1.807, 2.05) is 34.1 Å². The molecule has 0 spiro atoms. The molecule has 1 unspecified atom stereocenters. The van der Waals surface area contributed by atoms with Crippen LogP contribution in [0.25, 0.3) is 0 Å². The molecule has 0 bridgehead atoms. The molecule has 44 heavy (non-hydrogen) atoms. The van der Waals surface area contributed by atoms with Crippen molar-refractivity contribution >= 4 is 68.4 Å². The molecule has 3 aliphatic rings. The van der Waals surface area contributed by atoms with Gasteiger partial charge in [-0.15, -0.1) is 0 Å². The molecule has 0 saturated carbocycles. The number of likely N-dealkylation sites (tertiary alicyclic amines) is 1. The predicted molar refractivity (Wildman–Crippen MR) is 175 cm³/mol. The van der Waals surface area contributed by atoms with Crippen molar-refractivity contribution < 1.29 is 19.1 Å². The van der Waals surface area contributed by atoms with E-state index in [1.165, 1.54) is 0 Å². The second-order valence-electron chi connectivity index (χ2n) is 11.3. The molecule has 2 atom stereocenters. The largest absolute Gasteiger partial charge is 0.378 e. The summed E-state index contributed by atoms with van der Waals surface area (Å²) in [4.78, 5) is 44.4. The Balaban J connectivity index is 1.28. The molecule has 3 aliphatic heterocycles. The Morgan fingerprint density at radius 2 is 1.80 bits per heavy atom. The first-order valence-corrected chi connectivity index (χ1v) is 16.1. The molecule has 12 heteroatoms. The van der Waals surface area contributed by atoms with Gasteiger partial charge in [0.15, 0.2) is 0 Å². The fourth-order valence-electron chi connectivity index (χ4n) is 6.17. The summed E-state index contributed by atoms with van der Waals surface area (Å²) in [7, 11) is 0. The highest BCUT2D eigenvalue weighted by atomic mass is 79.9. The zero-order valence-electron chi connectivity index (χ0n) is 23.9. The number of amides is 4. The first-order valence-electron chi connectivity index (χ1n) is 14.6. The van der Waals surface area contributed by atoms with Gasteiger partial charge in [0.1, 0.15) is 5.54 Å². The number of carbonyl (C=O) groups is 3. The summed E-state index contributed by atoms with van der Waals surface area (Å²) in [5.74, 6) is -0.566. The van der Waals surface area contributed by atoms with Gasteiger partial charge in [-0.1, -0.05) is 57.3 Å². The molecule has 230 valence electrons. The molecule has 6 rings (SSSR count). The zero-order valence-corrected chi connectivity index (χ0v) is 27.0. The molecular weight excluding hydrogens is 669 g/mol. The minimum absolute atomic E-state index is 0.0211. The van der Waals surface area contributed by atoms with Crippen LogP contribution in [-0.2, 0) is 21.5 Å². The zero-order chi connectivity index (χ0) is 30.8. The maximum absolute atomic E-state index is 13.9. The second kappa shape index (κ2) is 13.0.